The molecule has 6 heteroatoms. The number of hydrogen-bond acceptors (Lipinski definition) is 5. The summed E-state index contributed by atoms with van der Waals surface area (Å²) >= 11 is 0. The zero-order valence-electron chi connectivity index (χ0n) is 13.0. The Kier molecular flexibility index (Phi) is 4.25. The van der Waals surface area contributed by atoms with Gasteiger partial charge in [0.25, 0.3) is 5.91 Å². The number of amides is 1. The SMILES string of the molecule is C=C(C#N)Cc1cccc(Oc2nc(C3CC3)ncc2C(N)=O)c1. The van der Waals surface area contributed by atoms with E-state index >= 15 is 0 Å². The van der Waals surface area contributed by atoms with Crippen molar-refractivity contribution in [1.82, 2.24) is 9.97 Å². The van der Waals surface area contributed by atoms with Crippen molar-refractivity contribution in [1.29, 1.82) is 5.26 Å². The number of nitrogens with two attached hydrogens (primary N) is 1. The molecule has 1 aromatic carbocycles. The minimum absolute atomic E-state index is 0.145. The van der Waals surface area contributed by atoms with Crippen molar-refractivity contribution in [3.05, 3.63) is 59.6 Å². The number of benzene rings is 1. The summed E-state index contributed by atoms with van der Waals surface area (Å²) in [6.07, 6.45) is 3.94. The minimum Gasteiger partial charge on any atom is -0.438 e. The fourth-order valence-corrected chi connectivity index (χ4v) is 2.28. The summed E-state index contributed by atoms with van der Waals surface area (Å²) in [6.45, 7) is 3.67. The Morgan fingerprint density at radius 1 is 1.46 bits per heavy atom. The summed E-state index contributed by atoms with van der Waals surface area (Å²) in [5, 5.41) is 8.84. The number of ether oxygens (including phenoxy) is 1. The van der Waals surface area contributed by atoms with Crippen LogP contribution in [0, 0.1) is 11.3 Å². The van der Waals surface area contributed by atoms with Crippen LogP contribution in [0.5, 0.6) is 11.6 Å². The predicted molar refractivity (Wildman–Crippen MR) is 87.5 cm³/mol. The van der Waals surface area contributed by atoms with E-state index in [-0.39, 0.29) is 11.4 Å². The third-order valence-electron chi connectivity index (χ3n) is 3.67. The maximum Gasteiger partial charge on any atom is 0.255 e. The Hall–Kier alpha value is -3.20. The lowest BCUT2D eigenvalue weighted by molar-refractivity contribution is 0.0997. The molecule has 3 rings (SSSR count). The zero-order valence-corrected chi connectivity index (χ0v) is 13.0. The highest BCUT2D eigenvalue weighted by molar-refractivity contribution is 5.94. The van der Waals surface area contributed by atoms with Crippen LogP contribution in [0.25, 0.3) is 0 Å². The van der Waals surface area contributed by atoms with E-state index in [2.05, 4.69) is 16.5 Å². The van der Waals surface area contributed by atoms with Gasteiger partial charge in [-0.3, -0.25) is 4.79 Å². The molecule has 1 aromatic heterocycles. The van der Waals surface area contributed by atoms with Gasteiger partial charge in [-0.15, -0.1) is 0 Å². The van der Waals surface area contributed by atoms with E-state index in [1.54, 1.807) is 12.1 Å². The van der Waals surface area contributed by atoms with Gasteiger partial charge in [-0.1, -0.05) is 18.7 Å². The van der Waals surface area contributed by atoms with Crippen LogP contribution in [0.1, 0.15) is 40.5 Å². The molecule has 1 amide bonds. The molecule has 1 fully saturated rings. The molecule has 0 spiro atoms. The van der Waals surface area contributed by atoms with Gasteiger partial charge < -0.3 is 10.5 Å². The van der Waals surface area contributed by atoms with Crippen LogP contribution in [0.4, 0.5) is 0 Å². The molecule has 2 aromatic rings. The number of carbonyl (C=O) groups excluding carboxylic acids is 1. The zero-order chi connectivity index (χ0) is 17.1. The van der Waals surface area contributed by atoms with E-state index in [0.717, 1.165) is 18.4 Å². The highest BCUT2D eigenvalue weighted by Crippen LogP contribution is 2.39. The second kappa shape index (κ2) is 6.50. The van der Waals surface area contributed by atoms with Gasteiger partial charge in [-0.05, 0) is 30.5 Å². The minimum atomic E-state index is -0.638. The molecule has 120 valence electrons. The predicted octanol–water partition coefficient (Wildman–Crippen LogP) is 2.87. The lowest BCUT2D eigenvalue weighted by Gasteiger charge is -2.10. The van der Waals surface area contributed by atoms with Gasteiger partial charge in [-0.25, -0.2) is 4.98 Å². The third kappa shape index (κ3) is 3.58. The fourth-order valence-electron chi connectivity index (χ4n) is 2.28. The lowest BCUT2D eigenvalue weighted by atomic mass is 10.1. The summed E-state index contributed by atoms with van der Waals surface area (Å²) in [4.78, 5) is 20.1. The molecule has 1 heterocycles. The maximum absolute atomic E-state index is 11.6. The first kappa shape index (κ1) is 15.7. The maximum atomic E-state index is 11.6. The summed E-state index contributed by atoms with van der Waals surface area (Å²) in [7, 11) is 0. The van der Waals surface area contributed by atoms with Crippen LogP contribution >= 0.6 is 0 Å². The molecule has 0 bridgehead atoms. The average molecular weight is 320 g/mol. The van der Waals surface area contributed by atoms with E-state index in [9.17, 15) is 4.79 Å². The number of rotatable bonds is 6. The average Bonchev–Trinajstić information content (AvgIpc) is 3.39. The van der Waals surface area contributed by atoms with E-state index in [0.29, 0.717) is 29.5 Å². The van der Waals surface area contributed by atoms with Gasteiger partial charge in [-0.2, -0.15) is 10.2 Å². The van der Waals surface area contributed by atoms with Gasteiger partial charge in [0, 0.05) is 24.1 Å². The van der Waals surface area contributed by atoms with Crippen LogP contribution < -0.4 is 10.5 Å². The molecule has 1 aliphatic carbocycles. The highest BCUT2D eigenvalue weighted by atomic mass is 16.5. The Balaban J connectivity index is 1.88. The van der Waals surface area contributed by atoms with Crippen molar-refractivity contribution in [2.45, 2.75) is 25.2 Å². The Morgan fingerprint density at radius 2 is 2.25 bits per heavy atom. The molecule has 1 aliphatic rings. The molecule has 0 saturated heterocycles. The number of nitriles is 1. The molecule has 0 aliphatic heterocycles. The number of allylic oxidation sites excluding steroid dienone is 1. The smallest absolute Gasteiger partial charge is 0.255 e. The second-order valence-corrected chi connectivity index (χ2v) is 5.73. The fraction of sp³-hybridized carbons (Fsp3) is 0.222. The molecule has 1 saturated carbocycles. The summed E-state index contributed by atoms with van der Waals surface area (Å²) < 4.78 is 5.78. The van der Waals surface area contributed by atoms with Crippen LogP contribution in [-0.2, 0) is 6.42 Å². The van der Waals surface area contributed by atoms with E-state index in [1.165, 1.54) is 6.20 Å². The van der Waals surface area contributed by atoms with Gasteiger partial charge in [0.15, 0.2) is 0 Å². The first-order valence-electron chi connectivity index (χ1n) is 7.58. The molecular weight excluding hydrogens is 304 g/mol. The van der Waals surface area contributed by atoms with Gasteiger partial charge in [0.2, 0.25) is 5.88 Å². The van der Waals surface area contributed by atoms with E-state index in [1.807, 2.05) is 18.2 Å². The van der Waals surface area contributed by atoms with Crippen LogP contribution in [0.15, 0.2) is 42.6 Å². The first-order valence-corrected chi connectivity index (χ1v) is 7.58. The summed E-state index contributed by atoms with van der Waals surface area (Å²) in [5.74, 6) is 1.04. The van der Waals surface area contributed by atoms with E-state index in [4.69, 9.17) is 15.7 Å². The van der Waals surface area contributed by atoms with Crippen molar-refractivity contribution in [2.24, 2.45) is 5.73 Å². The number of primary amides is 1. The van der Waals surface area contributed by atoms with Crippen molar-refractivity contribution >= 4 is 5.91 Å². The second-order valence-electron chi connectivity index (χ2n) is 5.73. The monoisotopic (exact) mass is 320 g/mol. The first-order chi connectivity index (χ1) is 11.6. The van der Waals surface area contributed by atoms with Gasteiger partial charge in [0.05, 0.1) is 6.07 Å². The summed E-state index contributed by atoms with van der Waals surface area (Å²) in [6, 6.07) is 9.24. The molecule has 0 radical (unpaired) electrons. The normalized spacial score (nSPS) is 13.1. The number of carbonyl (C=O) groups is 1. The largest absolute Gasteiger partial charge is 0.438 e. The van der Waals surface area contributed by atoms with Gasteiger partial charge >= 0.3 is 0 Å². The topological polar surface area (TPSA) is 102 Å². The molecule has 2 N–H and O–H groups in total. The molecule has 24 heavy (non-hydrogen) atoms. The van der Waals surface area contributed by atoms with Crippen LogP contribution in [-0.4, -0.2) is 15.9 Å². The van der Waals surface area contributed by atoms with Crippen molar-refractivity contribution < 1.29 is 9.53 Å². The Bertz CT molecular complexity index is 850. The molecule has 6 nitrogen and oxygen atoms in total. The molecule has 0 atom stereocenters. The van der Waals surface area contributed by atoms with Crippen molar-refractivity contribution in [3.63, 3.8) is 0 Å². The third-order valence-corrected chi connectivity index (χ3v) is 3.67. The number of hydrogen-bond donors (Lipinski definition) is 1. The molecule has 0 unspecified atom stereocenters. The number of aromatic nitrogens is 2. The van der Waals surface area contributed by atoms with Gasteiger partial charge in [0.1, 0.15) is 17.1 Å². The van der Waals surface area contributed by atoms with Crippen LogP contribution in [0.2, 0.25) is 0 Å². The highest BCUT2D eigenvalue weighted by Gasteiger charge is 2.28. The summed E-state index contributed by atoms with van der Waals surface area (Å²) in [5.41, 5.74) is 6.87. The van der Waals surface area contributed by atoms with Crippen molar-refractivity contribution in [3.8, 4) is 17.7 Å². The Morgan fingerprint density at radius 3 is 2.92 bits per heavy atom. The standard InChI is InChI=1S/C18H16N4O2/c1-11(9-19)7-12-3-2-4-14(8-12)24-18-15(16(20)23)10-21-17(22-18)13-5-6-13/h2-4,8,10,13H,1,5-7H2,(H2,20,23). The van der Waals surface area contributed by atoms with Crippen LogP contribution in [0.3, 0.4) is 0 Å². The molecular formula is C18H16N4O2. The quantitative estimate of drug-likeness (QED) is 0.824. The van der Waals surface area contributed by atoms with Crippen molar-refractivity contribution in [2.75, 3.05) is 0 Å². The lowest BCUT2D eigenvalue weighted by Crippen LogP contribution is -2.14. The van der Waals surface area contributed by atoms with E-state index < -0.39 is 5.91 Å². The Labute approximate surface area is 139 Å². The number of nitrogens with zero attached hydrogens (tertiary/aromatic N) is 3.